The third-order valence-electron chi connectivity index (χ3n) is 10.0. The van der Waals surface area contributed by atoms with Crippen molar-refractivity contribution in [2.24, 2.45) is 0 Å². The van der Waals surface area contributed by atoms with Gasteiger partial charge < -0.3 is 24.2 Å². The smallest absolute Gasteiger partial charge is 0.462 e. The zero-order valence-electron chi connectivity index (χ0n) is 41.1. The highest BCUT2D eigenvalue weighted by molar-refractivity contribution is 7.47. The first-order chi connectivity index (χ1) is 32.2. The number of esters is 3. The summed E-state index contributed by atoms with van der Waals surface area (Å²) in [5, 5.41) is 9.73. The highest BCUT2D eigenvalue weighted by Gasteiger charge is 2.28. The number of unbranched alkanes of at least 4 members (excludes halogenated alkanes) is 13. The molecule has 0 heterocycles. The molecule has 0 fully saturated rings. The number of hydrogen-bond donors (Lipinski definition) is 2. The lowest BCUT2D eigenvalue weighted by Crippen LogP contribution is -2.30. The molecular formula is C54H89O11P. The van der Waals surface area contributed by atoms with E-state index in [2.05, 4.69) is 93.7 Å². The van der Waals surface area contributed by atoms with Gasteiger partial charge in [0.2, 0.25) is 0 Å². The van der Waals surface area contributed by atoms with E-state index < -0.39 is 57.8 Å². The molecule has 0 aliphatic carbocycles. The van der Waals surface area contributed by atoms with Gasteiger partial charge in [0.25, 0.3) is 0 Å². The molecular weight excluding hydrogens is 856 g/mol. The average Bonchev–Trinajstić information content (AvgIpc) is 3.30. The van der Waals surface area contributed by atoms with E-state index in [0.29, 0.717) is 19.3 Å². The fourth-order valence-electron chi connectivity index (χ4n) is 6.27. The maximum absolute atomic E-state index is 12.8. The van der Waals surface area contributed by atoms with Crippen molar-refractivity contribution in [1.82, 2.24) is 0 Å². The fourth-order valence-corrected chi connectivity index (χ4v) is 7.05. The molecule has 0 rings (SSSR count). The largest absolute Gasteiger partial charge is 0.472 e. The number of ether oxygens (including phenoxy) is 3. The Bertz CT molecular complexity index is 1480. The SMILES string of the molecule is CC/C=C\C/C=C\C/C=C\C/C=C\C/C=C\CC(=O)OC(COC(=O)CCCCCCC/C=C\C/C=C\C/C=C\CC)COP(=O)(O)OCC(CO)OC(=O)CCCCCCCCCCC. The van der Waals surface area contributed by atoms with Crippen LogP contribution in [0.2, 0.25) is 0 Å². The molecule has 0 aromatic rings. The van der Waals surface area contributed by atoms with Gasteiger partial charge in [-0.2, -0.15) is 0 Å². The summed E-state index contributed by atoms with van der Waals surface area (Å²) in [5.41, 5.74) is 0. The van der Waals surface area contributed by atoms with Crippen LogP contribution >= 0.6 is 7.82 Å². The van der Waals surface area contributed by atoms with E-state index in [9.17, 15) is 28.9 Å². The van der Waals surface area contributed by atoms with Crippen LogP contribution in [-0.2, 0) is 42.2 Å². The Balaban J connectivity index is 4.92. The molecule has 2 N–H and O–H groups in total. The van der Waals surface area contributed by atoms with E-state index in [1.807, 2.05) is 18.2 Å². The molecule has 12 heteroatoms. The van der Waals surface area contributed by atoms with Crippen LogP contribution in [0.4, 0.5) is 0 Å². The molecule has 0 aromatic carbocycles. The van der Waals surface area contributed by atoms with Crippen molar-refractivity contribution in [3.63, 3.8) is 0 Å². The lowest BCUT2D eigenvalue weighted by Gasteiger charge is -2.21. The van der Waals surface area contributed by atoms with Crippen LogP contribution < -0.4 is 0 Å². The minimum Gasteiger partial charge on any atom is -0.462 e. The van der Waals surface area contributed by atoms with E-state index in [-0.39, 0.29) is 25.9 Å². The lowest BCUT2D eigenvalue weighted by molar-refractivity contribution is -0.160. The number of aliphatic hydroxyl groups is 1. The van der Waals surface area contributed by atoms with Gasteiger partial charge in [-0.15, -0.1) is 0 Å². The van der Waals surface area contributed by atoms with Gasteiger partial charge in [-0.1, -0.05) is 189 Å². The maximum Gasteiger partial charge on any atom is 0.472 e. The zero-order chi connectivity index (χ0) is 48.4. The molecule has 0 spiro atoms. The second kappa shape index (κ2) is 47.9. The van der Waals surface area contributed by atoms with Crippen LogP contribution in [0.1, 0.15) is 188 Å². The summed E-state index contributed by atoms with van der Waals surface area (Å²) in [6, 6.07) is 0. The summed E-state index contributed by atoms with van der Waals surface area (Å²) < 4.78 is 39.1. The average molecular weight is 945 g/mol. The van der Waals surface area contributed by atoms with Gasteiger partial charge >= 0.3 is 25.7 Å². The van der Waals surface area contributed by atoms with Crippen LogP contribution in [-0.4, -0.2) is 66.5 Å². The molecule has 0 aromatic heterocycles. The molecule has 0 amide bonds. The van der Waals surface area contributed by atoms with Crippen LogP contribution in [0, 0.1) is 0 Å². The number of phosphoric acid groups is 1. The van der Waals surface area contributed by atoms with E-state index in [4.69, 9.17) is 23.3 Å². The highest BCUT2D eigenvalue weighted by atomic mass is 31.2. The summed E-state index contributed by atoms with van der Waals surface area (Å²) in [4.78, 5) is 48.1. The third-order valence-corrected chi connectivity index (χ3v) is 11.0. The Hall–Kier alpha value is -3.60. The van der Waals surface area contributed by atoms with Crippen molar-refractivity contribution in [3.05, 3.63) is 97.2 Å². The minimum atomic E-state index is -4.77. The number of phosphoric ester groups is 1. The van der Waals surface area contributed by atoms with Crippen molar-refractivity contribution in [2.45, 2.75) is 200 Å². The Kier molecular flexibility index (Phi) is 45.3. The molecule has 3 atom stereocenters. The van der Waals surface area contributed by atoms with E-state index in [1.54, 1.807) is 6.08 Å². The predicted octanol–water partition coefficient (Wildman–Crippen LogP) is 14.1. The predicted molar refractivity (Wildman–Crippen MR) is 270 cm³/mol. The van der Waals surface area contributed by atoms with Gasteiger partial charge in [0.15, 0.2) is 6.10 Å². The van der Waals surface area contributed by atoms with Gasteiger partial charge in [-0.25, -0.2) is 4.57 Å². The number of rotatable bonds is 45. The zero-order valence-corrected chi connectivity index (χ0v) is 42.0. The molecule has 11 nitrogen and oxygen atoms in total. The molecule has 3 unspecified atom stereocenters. The van der Waals surface area contributed by atoms with Gasteiger partial charge in [-0.3, -0.25) is 23.4 Å². The number of aliphatic hydroxyl groups excluding tert-OH is 1. The Morgan fingerprint density at radius 2 is 0.848 bits per heavy atom. The minimum absolute atomic E-state index is 0.0718. The summed E-state index contributed by atoms with van der Waals surface area (Å²) in [6.07, 6.45) is 54.2. The van der Waals surface area contributed by atoms with Gasteiger partial charge in [0.05, 0.1) is 26.2 Å². The number of allylic oxidation sites excluding steroid dienone is 15. The Morgan fingerprint density at radius 3 is 1.33 bits per heavy atom. The fraction of sp³-hybridized carbons (Fsp3) is 0.648. The summed E-state index contributed by atoms with van der Waals surface area (Å²) >= 11 is 0. The third kappa shape index (κ3) is 45.6. The van der Waals surface area contributed by atoms with E-state index in [1.165, 1.54) is 32.1 Å². The van der Waals surface area contributed by atoms with Crippen LogP contribution in [0.15, 0.2) is 97.2 Å². The van der Waals surface area contributed by atoms with Gasteiger partial charge in [0, 0.05) is 12.8 Å². The van der Waals surface area contributed by atoms with Crippen molar-refractivity contribution in [2.75, 3.05) is 26.4 Å². The first-order valence-electron chi connectivity index (χ1n) is 25.1. The Morgan fingerprint density at radius 1 is 0.455 bits per heavy atom. The first kappa shape index (κ1) is 62.4. The molecule has 376 valence electrons. The number of hydrogen-bond acceptors (Lipinski definition) is 10. The second-order valence-electron chi connectivity index (χ2n) is 16.2. The summed E-state index contributed by atoms with van der Waals surface area (Å²) in [6.45, 7) is 4.23. The van der Waals surface area contributed by atoms with Gasteiger partial charge in [0.1, 0.15) is 12.7 Å². The molecule has 0 saturated heterocycles. The van der Waals surface area contributed by atoms with Crippen LogP contribution in [0.5, 0.6) is 0 Å². The van der Waals surface area contributed by atoms with Crippen LogP contribution in [0.3, 0.4) is 0 Å². The number of carbonyl (C=O) groups is 3. The van der Waals surface area contributed by atoms with Gasteiger partial charge in [-0.05, 0) is 77.0 Å². The van der Waals surface area contributed by atoms with Crippen molar-refractivity contribution in [1.29, 1.82) is 0 Å². The van der Waals surface area contributed by atoms with Crippen LogP contribution in [0.25, 0.3) is 0 Å². The molecule has 0 radical (unpaired) electrons. The highest BCUT2D eigenvalue weighted by Crippen LogP contribution is 2.43. The molecule has 0 saturated carbocycles. The topological polar surface area (TPSA) is 155 Å². The molecule has 66 heavy (non-hydrogen) atoms. The van der Waals surface area contributed by atoms with Crippen molar-refractivity contribution in [3.8, 4) is 0 Å². The van der Waals surface area contributed by atoms with E-state index in [0.717, 1.165) is 96.3 Å². The Labute approximate surface area is 400 Å². The second-order valence-corrected chi connectivity index (χ2v) is 17.7. The molecule has 0 aliphatic rings. The monoisotopic (exact) mass is 945 g/mol. The maximum atomic E-state index is 12.8. The molecule has 0 bridgehead atoms. The molecule has 0 aliphatic heterocycles. The lowest BCUT2D eigenvalue weighted by atomic mass is 10.1. The van der Waals surface area contributed by atoms with Crippen molar-refractivity contribution < 1.29 is 52.2 Å². The first-order valence-corrected chi connectivity index (χ1v) is 26.6. The summed E-state index contributed by atoms with van der Waals surface area (Å²) in [5.74, 6) is -1.65. The van der Waals surface area contributed by atoms with Crippen molar-refractivity contribution >= 4 is 25.7 Å². The normalized spacial score (nSPS) is 14.3. The number of carbonyl (C=O) groups excluding carboxylic acids is 3. The summed E-state index contributed by atoms with van der Waals surface area (Å²) in [7, 11) is -4.77. The quantitative estimate of drug-likeness (QED) is 0.0197. The van der Waals surface area contributed by atoms with E-state index >= 15 is 0 Å². The standard InChI is InChI=1S/C54H89O11P/c1-4-7-10-13-16-19-21-23-25-27-29-32-34-37-40-43-52(56)61-47-51(65-54(58)45-42-39-36-33-30-28-26-24-22-20-17-14-11-8-5-2)49-63-66(59,60)62-48-50(46-55)64-53(57)44-41-38-35-31-18-15-12-9-6-3/h7-8,10-11,16-17,19-20,23-26,30,33,39,42,50-51,55H,4-6,9,12-15,18,21-22,27-29,31-32,34-38,40-41,43-49H2,1-3H3,(H,59,60)/b10-7-,11-8-,19-16-,20-17-,25-23-,26-24-,33-30-,42-39-.